The standard InChI is InChI=1S/C24H42O4S6/c1-7-9-17-31-21(29)33-23(3,4)19(25)27-15-13-11-12-14-16-28-20(26)24(5,6)34-22(30)32-18-10-8-2/h7-18H2,1-6H3. The first-order valence-electron chi connectivity index (χ1n) is 12.0. The SMILES string of the molecule is CCCCSC(=S)SC(C)(C)C(=O)OCCCCCCOC(=O)C(C)(C)SC(=S)SCCCC. The van der Waals surface area contributed by atoms with Crippen molar-refractivity contribution >= 4 is 90.5 Å². The summed E-state index contributed by atoms with van der Waals surface area (Å²) in [5, 5.41) is 0. The number of rotatable bonds is 17. The molecule has 0 rings (SSSR count). The minimum absolute atomic E-state index is 0.227. The van der Waals surface area contributed by atoms with E-state index in [2.05, 4.69) is 13.8 Å². The van der Waals surface area contributed by atoms with Gasteiger partial charge in [0.2, 0.25) is 0 Å². The number of thioether (sulfide) groups is 4. The molecule has 0 saturated heterocycles. The van der Waals surface area contributed by atoms with Gasteiger partial charge < -0.3 is 9.47 Å². The van der Waals surface area contributed by atoms with Crippen LogP contribution in [0.5, 0.6) is 0 Å². The van der Waals surface area contributed by atoms with Crippen LogP contribution in [-0.4, -0.2) is 53.2 Å². The molecular weight excluding hydrogens is 545 g/mol. The third kappa shape index (κ3) is 17.1. The Morgan fingerprint density at radius 3 is 1.32 bits per heavy atom. The van der Waals surface area contributed by atoms with E-state index in [0.29, 0.717) is 13.2 Å². The van der Waals surface area contributed by atoms with Gasteiger partial charge in [-0.05, 0) is 77.7 Å². The van der Waals surface area contributed by atoms with Gasteiger partial charge in [-0.1, -0.05) is 74.6 Å². The topological polar surface area (TPSA) is 52.6 Å². The summed E-state index contributed by atoms with van der Waals surface area (Å²) in [5.41, 5.74) is 0. The molecule has 0 heterocycles. The number of carbonyl (C=O) groups is 2. The lowest BCUT2D eigenvalue weighted by molar-refractivity contribution is -0.146. The van der Waals surface area contributed by atoms with Gasteiger partial charge in [0, 0.05) is 0 Å². The molecule has 0 radical (unpaired) electrons. The van der Waals surface area contributed by atoms with E-state index in [0.717, 1.165) is 69.9 Å². The maximum absolute atomic E-state index is 12.4. The van der Waals surface area contributed by atoms with E-state index in [1.165, 1.54) is 23.5 Å². The molecule has 0 aromatic carbocycles. The van der Waals surface area contributed by atoms with Crippen LogP contribution in [0.1, 0.15) is 92.9 Å². The Morgan fingerprint density at radius 2 is 1.00 bits per heavy atom. The molecule has 0 aliphatic heterocycles. The fourth-order valence-electron chi connectivity index (χ4n) is 2.39. The molecule has 0 aromatic rings. The zero-order valence-corrected chi connectivity index (χ0v) is 26.5. The monoisotopic (exact) mass is 586 g/mol. The fraction of sp³-hybridized carbons (Fsp3) is 0.833. The summed E-state index contributed by atoms with van der Waals surface area (Å²) < 4.78 is 11.2. The van der Waals surface area contributed by atoms with Gasteiger partial charge in [-0.15, -0.1) is 23.5 Å². The first-order valence-corrected chi connectivity index (χ1v) is 16.4. The number of hydrogen-bond donors (Lipinski definition) is 0. The van der Waals surface area contributed by atoms with E-state index in [-0.39, 0.29) is 11.9 Å². The van der Waals surface area contributed by atoms with Gasteiger partial charge in [0.25, 0.3) is 0 Å². The van der Waals surface area contributed by atoms with E-state index in [1.54, 1.807) is 23.5 Å². The Hall–Kier alpha value is 0.520. The van der Waals surface area contributed by atoms with Gasteiger partial charge in [0.05, 0.1) is 13.2 Å². The summed E-state index contributed by atoms with van der Waals surface area (Å²) in [6.45, 7) is 12.5. The van der Waals surface area contributed by atoms with Crippen molar-refractivity contribution in [3.8, 4) is 0 Å². The Kier molecular flexibility index (Phi) is 19.9. The minimum Gasteiger partial charge on any atom is -0.465 e. The van der Waals surface area contributed by atoms with E-state index in [1.807, 2.05) is 27.7 Å². The molecule has 4 nitrogen and oxygen atoms in total. The Balaban J connectivity index is 3.97. The van der Waals surface area contributed by atoms with Crippen molar-refractivity contribution in [1.29, 1.82) is 0 Å². The predicted octanol–water partition coefficient (Wildman–Crippen LogP) is 8.29. The van der Waals surface area contributed by atoms with Gasteiger partial charge in [-0.2, -0.15) is 0 Å². The molecule has 0 fully saturated rings. The predicted molar refractivity (Wildman–Crippen MR) is 164 cm³/mol. The zero-order chi connectivity index (χ0) is 26.0. The van der Waals surface area contributed by atoms with Gasteiger partial charge in [-0.25, -0.2) is 0 Å². The highest BCUT2D eigenvalue weighted by atomic mass is 32.2. The maximum atomic E-state index is 12.4. The third-order valence-electron chi connectivity index (χ3n) is 4.60. The first-order chi connectivity index (χ1) is 16.0. The van der Waals surface area contributed by atoms with Crippen LogP contribution in [0.25, 0.3) is 0 Å². The smallest absolute Gasteiger partial charge is 0.322 e. The summed E-state index contributed by atoms with van der Waals surface area (Å²) >= 11 is 16.9. The molecule has 0 aromatic heterocycles. The molecule has 0 atom stereocenters. The van der Waals surface area contributed by atoms with Crippen molar-refractivity contribution in [2.24, 2.45) is 0 Å². The van der Waals surface area contributed by atoms with Crippen molar-refractivity contribution in [1.82, 2.24) is 0 Å². The van der Waals surface area contributed by atoms with Crippen molar-refractivity contribution in [3.05, 3.63) is 0 Å². The Bertz CT molecular complexity index is 583. The molecule has 0 amide bonds. The third-order valence-corrected chi connectivity index (χ3v) is 10.2. The second kappa shape index (κ2) is 19.6. The number of thiocarbonyl (C=S) groups is 2. The average Bonchev–Trinajstić information content (AvgIpc) is 2.74. The quantitative estimate of drug-likeness (QED) is 0.0945. The van der Waals surface area contributed by atoms with Gasteiger partial charge in [0.1, 0.15) is 16.6 Å². The van der Waals surface area contributed by atoms with Crippen LogP contribution in [-0.2, 0) is 19.1 Å². The van der Waals surface area contributed by atoms with Crippen molar-refractivity contribution in [3.63, 3.8) is 0 Å². The van der Waals surface area contributed by atoms with E-state index in [9.17, 15) is 9.59 Å². The van der Waals surface area contributed by atoms with Crippen molar-refractivity contribution < 1.29 is 19.1 Å². The lowest BCUT2D eigenvalue weighted by atomic mass is 10.2. The lowest BCUT2D eigenvalue weighted by Gasteiger charge is -2.22. The van der Waals surface area contributed by atoms with Gasteiger partial charge in [0.15, 0.2) is 0 Å². The molecule has 198 valence electrons. The van der Waals surface area contributed by atoms with Crippen molar-refractivity contribution in [2.75, 3.05) is 24.7 Å². The summed E-state index contributed by atoms with van der Waals surface area (Å²) in [6, 6.07) is 0. The summed E-state index contributed by atoms with van der Waals surface area (Å²) in [6.07, 6.45) is 7.94. The molecule has 10 heteroatoms. The first kappa shape index (κ1) is 34.5. The Morgan fingerprint density at radius 1 is 0.647 bits per heavy atom. The summed E-state index contributed by atoms with van der Waals surface area (Å²) in [7, 11) is 0. The highest BCUT2D eigenvalue weighted by molar-refractivity contribution is 8.48. The molecule has 0 bridgehead atoms. The van der Waals surface area contributed by atoms with Gasteiger partial charge in [-0.3, -0.25) is 9.59 Å². The largest absolute Gasteiger partial charge is 0.465 e. The van der Waals surface area contributed by atoms with E-state index in [4.69, 9.17) is 33.9 Å². The average molecular weight is 587 g/mol. The molecule has 0 aliphatic rings. The molecular formula is C24H42O4S6. The molecule has 0 unspecified atom stereocenters. The maximum Gasteiger partial charge on any atom is 0.322 e. The van der Waals surface area contributed by atoms with Crippen LogP contribution in [0.15, 0.2) is 0 Å². The summed E-state index contributed by atoms with van der Waals surface area (Å²) in [5.74, 6) is 1.53. The van der Waals surface area contributed by atoms with Crippen molar-refractivity contribution in [2.45, 2.75) is 102 Å². The lowest BCUT2D eigenvalue weighted by Crippen LogP contribution is -2.31. The molecule has 34 heavy (non-hydrogen) atoms. The minimum atomic E-state index is -0.674. The summed E-state index contributed by atoms with van der Waals surface area (Å²) in [4.78, 5) is 24.8. The van der Waals surface area contributed by atoms with Crippen LogP contribution >= 0.6 is 71.5 Å². The zero-order valence-electron chi connectivity index (χ0n) is 21.6. The van der Waals surface area contributed by atoms with Crippen LogP contribution in [0, 0.1) is 0 Å². The van der Waals surface area contributed by atoms with E-state index >= 15 is 0 Å². The van der Waals surface area contributed by atoms with Gasteiger partial charge >= 0.3 is 11.9 Å². The number of esters is 2. The second-order valence-electron chi connectivity index (χ2n) is 8.81. The number of ether oxygens (including phenoxy) is 2. The molecule has 0 saturated carbocycles. The number of hydrogen-bond acceptors (Lipinski definition) is 10. The van der Waals surface area contributed by atoms with Crippen LogP contribution < -0.4 is 0 Å². The fourth-order valence-corrected chi connectivity index (χ4v) is 8.68. The molecule has 0 aliphatic carbocycles. The molecule has 0 spiro atoms. The highest BCUT2D eigenvalue weighted by Gasteiger charge is 2.32. The highest BCUT2D eigenvalue weighted by Crippen LogP contribution is 2.33. The van der Waals surface area contributed by atoms with E-state index < -0.39 is 9.49 Å². The Labute approximate surface area is 235 Å². The number of carbonyl (C=O) groups excluding carboxylic acids is 2. The molecule has 0 N–H and O–H groups in total. The second-order valence-corrected chi connectivity index (χ2v) is 16.7. The van der Waals surface area contributed by atoms with Crippen LogP contribution in [0.2, 0.25) is 0 Å². The van der Waals surface area contributed by atoms with Crippen LogP contribution in [0.3, 0.4) is 0 Å². The van der Waals surface area contributed by atoms with Crippen LogP contribution in [0.4, 0.5) is 0 Å². The number of unbranched alkanes of at least 4 members (excludes halogenated alkanes) is 5. The normalized spacial score (nSPS) is 11.8.